The zero-order valence-electron chi connectivity index (χ0n) is 34.4. The van der Waals surface area contributed by atoms with Gasteiger partial charge in [0.25, 0.3) is 0 Å². The first kappa shape index (κ1) is 37.0. The van der Waals surface area contributed by atoms with Crippen molar-refractivity contribution in [2.24, 2.45) is 0 Å². The van der Waals surface area contributed by atoms with Gasteiger partial charge in [0, 0.05) is 33.5 Å². The highest BCUT2D eigenvalue weighted by Gasteiger charge is 2.24. The van der Waals surface area contributed by atoms with E-state index in [0.717, 1.165) is 17.1 Å². The summed E-state index contributed by atoms with van der Waals surface area (Å²) in [6, 6.07) is 71.1. The Kier molecular flexibility index (Phi) is 9.37. The van der Waals surface area contributed by atoms with Crippen molar-refractivity contribution >= 4 is 38.9 Å². The number of anilines is 3. The zero-order chi connectivity index (χ0) is 40.0. The monoisotopic (exact) mass is 750 g/mol. The Bertz CT molecular complexity index is 2770. The van der Waals surface area contributed by atoms with Gasteiger partial charge in [-0.25, -0.2) is 0 Å². The van der Waals surface area contributed by atoms with Crippen LogP contribution < -0.4 is 4.90 Å². The third-order valence-corrected chi connectivity index (χ3v) is 11.5. The molecule has 2 heteroatoms. The van der Waals surface area contributed by atoms with Gasteiger partial charge in [-0.15, -0.1) is 0 Å². The lowest BCUT2D eigenvalue weighted by Crippen LogP contribution is -2.12. The van der Waals surface area contributed by atoms with Crippen LogP contribution in [-0.4, -0.2) is 4.57 Å². The van der Waals surface area contributed by atoms with Gasteiger partial charge in [0.05, 0.1) is 11.0 Å². The van der Waals surface area contributed by atoms with Crippen LogP contribution in [0.25, 0.3) is 60.9 Å². The van der Waals surface area contributed by atoms with Gasteiger partial charge in [0.2, 0.25) is 0 Å². The normalized spacial score (nSPS) is 12.0. The molecule has 58 heavy (non-hydrogen) atoms. The van der Waals surface area contributed by atoms with Crippen molar-refractivity contribution in [3.63, 3.8) is 0 Å². The molecule has 9 rings (SSSR count). The smallest absolute Gasteiger partial charge is 0.0550 e. The molecule has 284 valence electrons. The van der Waals surface area contributed by atoms with Crippen molar-refractivity contribution < 1.29 is 0 Å². The fourth-order valence-electron chi connectivity index (χ4n) is 8.25. The molecule has 0 radical (unpaired) electrons. The average Bonchev–Trinajstić information content (AvgIpc) is 3.58. The predicted molar refractivity (Wildman–Crippen MR) is 249 cm³/mol. The van der Waals surface area contributed by atoms with Crippen LogP contribution in [-0.2, 0) is 10.8 Å². The minimum atomic E-state index is -0.0673. The first-order valence-electron chi connectivity index (χ1n) is 20.4. The number of nitrogens with zero attached hydrogens (tertiary/aromatic N) is 2. The fourth-order valence-corrected chi connectivity index (χ4v) is 8.25. The maximum absolute atomic E-state index is 2.48. The number of hydrogen-bond donors (Lipinski definition) is 0. The van der Waals surface area contributed by atoms with E-state index in [0.29, 0.717) is 0 Å². The third-order valence-electron chi connectivity index (χ3n) is 11.5. The summed E-state index contributed by atoms with van der Waals surface area (Å²) in [6.45, 7) is 13.9. The van der Waals surface area contributed by atoms with E-state index in [1.54, 1.807) is 0 Å². The van der Waals surface area contributed by atoms with Crippen LogP contribution in [0.5, 0.6) is 0 Å². The second-order valence-electron chi connectivity index (χ2n) is 17.5. The largest absolute Gasteiger partial charge is 0.310 e. The topological polar surface area (TPSA) is 8.17 Å². The van der Waals surface area contributed by atoms with Gasteiger partial charge in [-0.2, -0.15) is 0 Å². The van der Waals surface area contributed by atoms with Gasteiger partial charge in [0.15, 0.2) is 0 Å². The Morgan fingerprint density at radius 1 is 0.362 bits per heavy atom. The molecule has 0 saturated heterocycles. The van der Waals surface area contributed by atoms with Crippen molar-refractivity contribution in [2.75, 3.05) is 4.90 Å². The molecule has 0 fully saturated rings. The number of fused-ring (bicyclic) bond motifs is 3. The van der Waals surface area contributed by atoms with E-state index in [1.165, 1.54) is 72.0 Å². The molecular weight excluding hydrogens is 701 g/mol. The SMILES string of the molecule is CC(C)(C)c1ccc2c3c(-c4cccc(N(c5ccc(-c6ccccc6)cc5)c5ccc(-c6ccccc6)cc5)c4)cc(C(C)(C)C)cc3n(-c3ccccc3)c2c1. The molecule has 0 saturated carbocycles. The molecule has 0 spiro atoms. The van der Waals surface area contributed by atoms with Gasteiger partial charge < -0.3 is 9.47 Å². The van der Waals surface area contributed by atoms with Crippen molar-refractivity contribution in [3.05, 3.63) is 205 Å². The summed E-state index contributed by atoms with van der Waals surface area (Å²) in [5.41, 5.74) is 16.8. The number of benzene rings is 8. The lowest BCUT2D eigenvalue weighted by Gasteiger charge is -2.27. The van der Waals surface area contributed by atoms with Crippen LogP contribution in [0.4, 0.5) is 17.1 Å². The first-order chi connectivity index (χ1) is 28.0. The molecule has 0 atom stereocenters. The minimum Gasteiger partial charge on any atom is -0.310 e. The Morgan fingerprint density at radius 3 is 1.38 bits per heavy atom. The highest BCUT2D eigenvalue weighted by molar-refractivity contribution is 6.16. The van der Waals surface area contributed by atoms with E-state index < -0.39 is 0 Å². The predicted octanol–water partition coefficient (Wildman–Crippen LogP) is 15.8. The maximum Gasteiger partial charge on any atom is 0.0550 e. The van der Waals surface area contributed by atoms with E-state index in [1.807, 2.05) is 0 Å². The van der Waals surface area contributed by atoms with Crippen molar-refractivity contribution in [2.45, 2.75) is 52.4 Å². The van der Waals surface area contributed by atoms with Crippen LogP contribution >= 0.6 is 0 Å². The van der Waals surface area contributed by atoms with Gasteiger partial charge in [-0.05, 0) is 122 Å². The summed E-state index contributed by atoms with van der Waals surface area (Å²) in [5.74, 6) is 0. The number of para-hydroxylation sites is 1. The van der Waals surface area contributed by atoms with Crippen LogP contribution in [0.1, 0.15) is 52.7 Å². The quantitative estimate of drug-likeness (QED) is 0.157. The Balaban J connectivity index is 1.26. The van der Waals surface area contributed by atoms with E-state index >= 15 is 0 Å². The summed E-state index contributed by atoms with van der Waals surface area (Å²) >= 11 is 0. The van der Waals surface area contributed by atoms with E-state index in [4.69, 9.17) is 0 Å². The van der Waals surface area contributed by atoms with Crippen molar-refractivity contribution in [3.8, 4) is 39.1 Å². The van der Waals surface area contributed by atoms with Gasteiger partial charge in [-0.3, -0.25) is 0 Å². The molecule has 0 aliphatic heterocycles. The van der Waals surface area contributed by atoms with E-state index in [-0.39, 0.29) is 10.8 Å². The molecular formula is C56H50N2. The summed E-state index contributed by atoms with van der Waals surface area (Å²) in [5, 5.41) is 2.54. The summed E-state index contributed by atoms with van der Waals surface area (Å²) in [6.07, 6.45) is 0. The zero-order valence-corrected chi connectivity index (χ0v) is 34.4. The first-order valence-corrected chi connectivity index (χ1v) is 20.4. The molecule has 0 aliphatic rings. The molecule has 0 amide bonds. The van der Waals surface area contributed by atoms with Gasteiger partial charge in [0.1, 0.15) is 0 Å². The molecule has 2 nitrogen and oxygen atoms in total. The second-order valence-corrected chi connectivity index (χ2v) is 17.5. The molecule has 9 aromatic rings. The average molecular weight is 751 g/mol. The highest BCUT2D eigenvalue weighted by Crippen LogP contribution is 2.45. The summed E-state index contributed by atoms with van der Waals surface area (Å²) in [7, 11) is 0. The molecule has 8 aromatic carbocycles. The van der Waals surface area contributed by atoms with Crippen LogP contribution in [0.3, 0.4) is 0 Å². The van der Waals surface area contributed by atoms with E-state index in [9.17, 15) is 0 Å². The Hall–Kier alpha value is -6.64. The number of rotatable bonds is 7. The molecule has 0 bridgehead atoms. The minimum absolute atomic E-state index is 0.0158. The number of hydrogen-bond acceptors (Lipinski definition) is 1. The van der Waals surface area contributed by atoms with Crippen LogP contribution in [0, 0.1) is 0 Å². The Morgan fingerprint density at radius 2 is 0.845 bits per heavy atom. The van der Waals surface area contributed by atoms with Gasteiger partial charge in [-0.1, -0.05) is 169 Å². The van der Waals surface area contributed by atoms with E-state index in [2.05, 4.69) is 245 Å². The standard InChI is InChI=1S/C56H50N2/c1-55(2,3)44-29-34-50-52(37-44)58(46-22-14-9-15-23-46)53-38-45(56(4,5)6)36-51(54(50)53)43-21-16-24-49(35-43)57(47-30-25-41(26-31-47)39-17-10-7-11-18-39)48-32-27-42(28-33-48)40-19-12-8-13-20-40/h7-38H,1-6H3. The molecule has 0 N–H and O–H groups in total. The third kappa shape index (κ3) is 7.01. The lowest BCUT2D eigenvalue weighted by molar-refractivity contribution is 0.591. The summed E-state index contributed by atoms with van der Waals surface area (Å²) < 4.78 is 2.48. The molecule has 0 unspecified atom stereocenters. The molecule has 1 aromatic heterocycles. The van der Waals surface area contributed by atoms with Crippen LogP contribution in [0.15, 0.2) is 194 Å². The molecule has 1 heterocycles. The Labute approximate surface area is 343 Å². The highest BCUT2D eigenvalue weighted by atomic mass is 15.1. The van der Waals surface area contributed by atoms with Gasteiger partial charge >= 0.3 is 0 Å². The second kappa shape index (κ2) is 14.7. The van der Waals surface area contributed by atoms with Crippen molar-refractivity contribution in [1.82, 2.24) is 4.57 Å². The fraction of sp³-hybridized carbons (Fsp3) is 0.143. The van der Waals surface area contributed by atoms with Crippen LogP contribution in [0.2, 0.25) is 0 Å². The lowest BCUT2D eigenvalue weighted by atomic mass is 9.83. The summed E-state index contributed by atoms with van der Waals surface area (Å²) in [4.78, 5) is 2.39. The molecule has 0 aliphatic carbocycles. The maximum atomic E-state index is 2.48. The van der Waals surface area contributed by atoms with Crippen molar-refractivity contribution in [1.29, 1.82) is 0 Å². The number of aromatic nitrogens is 1.